The van der Waals surface area contributed by atoms with Crippen molar-refractivity contribution in [2.45, 2.75) is 0 Å². The van der Waals surface area contributed by atoms with Crippen LogP contribution in [-0.4, -0.2) is 5.91 Å². The summed E-state index contributed by atoms with van der Waals surface area (Å²) in [6.07, 6.45) is 0. The van der Waals surface area contributed by atoms with Crippen molar-refractivity contribution in [3.05, 3.63) is 57.5 Å². The highest BCUT2D eigenvalue weighted by atomic mass is 79.9. The summed E-state index contributed by atoms with van der Waals surface area (Å²) in [6.45, 7) is 0. The number of nitrogen functional groups attached to an aromatic ring is 1. The monoisotopic (exact) mass is 324 g/mol. The zero-order valence-electron chi connectivity index (χ0n) is 9.28. The number of hydrogen-bond acceptors (Lipinski definition) is 2. The first-order valence-corrected chi connectivity index (χ1v) is 6.35. The fraction of sp³-hybridized carbons (Fsp3) is 0. The molecule has 0 aliphatic heterocycles. The molecule has 0 saturated heterocycles. The summed E-state index contributed by atoms with van der Waals surface area (Å²) in [5.74, 6) is -0.287. The largest absolute Gasteiger partial charge is 0.399 e. The molecule has 0 aromatic heterocycles. The zero-order valence-corrected chi connectivity index (χ0v) is 11.6. The lowest BCUT2D eigenvalue weighted by atomic mass is 10.2. The average molecular weight is 326 g/mol. The van der Waals surface area contributed by atoms with Crippen LogP contribution in [0.1, 0.15) is 10.4 Å². The lowest BCUT2D eigenvalue weighted by Gasteiger charge is -2.07. The van der Waals surface area contributed by atoms with Crippen molar-refractivity contribution in [2.24, 2.45) is 0 Å². The van der Waals surface area contributed by atoms with Crippen LogP contribution in [0.5, 0.6) is 0 Å². The minimum absolute atomic E-state index is 0.287. The average Bonchev–Trinajstić information content (AvgIpc) is 2.32. The van der Waals surface area contributed by atoms with Crippen LogP contribution in [0.4, 0.5) is 11.4 Å². The van der Waals surface area contributed by atoms with E-state index in [2.05, 4.69) is 21.2 Å². The maximum Gasteiger partial charge on any atom is 0.257 e. The molecular formula is C13H10BrClN2O. The van der Waals surface area contributed by atoms with Crippen LogP contribution in [0.3, 0.4) is 0 Å². The van der Waals surface area contributed by atoms with Gasteiger partial charge in [0.15, 0.2) is 0 Å². The quantitative estimate of drug-likeness (QED) is 0.822. The molecule has 0 fully saturated rings. The van der Waals surface area contributed by atoms with E-state index < -0.39 is 0 Å². The molecule has 92 valence electrons. The number of carbonyl (C=O) groups excluding carboxylic acids is 1. The summed E-state index contributed by atoms with van der Waals surface area (Å²) in [4.78, 5) is 12.0. The van der Waals surface area contributed by atoms with E-state index in [4.69, 9.17) is 17.3 Å². The lowest BCUT2D eigenvalue weighted by molar-refractivity contribution is 0.102. The molecule has 0 radical (unpaired) electrons. The van der Waals surface area contributed by atoms with Crippen molar-refractivity contribution in [1.82, 2.24) is 0 Å². The molecule has 0 unspecified atom stereocenters. The second kappa shape index (κ2) is 5.42. The van der Waals surface area contributed by atoms with Gasteiger partial charge in [-0.15, -0.1) is 0 Å². The van der Waals surface area contributed by atoms with Crippen molar-refractivity contribution in [2.75, 3.05) is 11.1 Å². The molecule has 0 atom stereocenters. The normalized spacial score (nSPS) is 10.1. The second-order valence-corrected chi connectivity index (χ2v) is 5.03. The molecule has 3 nitrogen and oxygen atoms in total. The Kier molecular flexibility index (Phi) is 3.89. The van der Waals surface area contributed by atoms with Crippen LogP contribution in [-0.2, 0) is 0 Å². The molecule has 2 aromatic carbocycles. The summed E-state index contributed by atoms with van der Waals surface area (Å²) in [6, 6.07) is 12.1. The van der Waals surface area contributed by atoms with E-state index in [1.807, 2.05) is 12.1 Å². The van der Waals surface area contributed by atoms with Crippen LogP contribution >= 0.6 is 27.5 Å². The third-order valence-electron chi connectivity index (χ3n) is 2.32. The first-order valence-electron chi connectivity index (χ1n) is 5.18. The molecule has 0 spiro atoms. The van der Waals surface area contributed by atoms with Gasteiger partial charge >= 0.3 is 0 Å². The van der Waals surface area contributed by atoms with Crippen molar-refractivity contribution < 1.29 is 4.79 Å². The predicted octanol–water partition coefficient (Wildman–Crippen LogP) is 3.94. The van der Waals surface area contributed by atoms with Gasteiger partial charge in [-0.3, -0.25) is 4.79 Å². The van der Waals surface area contributed by atoms with Gasteiger partial charge in [-0.25, -0.2) is 0 Å². The SMILES string of the molecule is Nc1ccc(Cl)c(C(=O)Nc2cccc(Br)c2)c1. The molecule has 2 rings (SSSR count). The third-order valence-corrected chi connectivity index (χ3v) is 3.14. The van der Waals surface area contributed by atoms with Gasteiger partial charge in [0, 0.05) is 15.8 Å². The maximum absolute atomic E-state index is 12.0. The molecule has 0 saturated carbocycles. The Morgan fingerprint density at radius 1 is 1.22 bits per heavy atom. The van der Waals surface area contributed by atoms with Gasteiger partial charge in [-0.1, -0.05) is 33.6 Å². The number of anilines is 2. The third kappa shape index (κ3) is 3.03. The number of carbonyl (C=O) groups is 1. The highest BCUT2D eigenvalue weighted by Gasteiger charge is 2.11. The Bertz CT molecular complexity index is 601. The van der Waals surface area contributed by atoms with Crippen LogP contribution in [0, 0.1) is 0 Å². The van der Waals surface area contributed by atoms with E-state index in [-0.39, 0.29) is 5.91 Å². The maximum atomic E-state index is 12.0. The number of nitrogens with two attached hydrogens (primary N) is 1. The molecule has 0 bridgehead atoms. The molecule has 0 aliphatic carbocycles. The fourth-order valence-corrected chi connectivity index (χ4v) is 2.08. The molecule has 0 heterocycles. The van der Waals surface area contributed by atoms with Gasteiger partial charge in [0.05, 0.1) is 10.6 Å². The smallest absolute Gasteiger partial charge is 0.257 e. The van der Waals surface area contributed by atoms with E-state index in [0.29, 0.717) is 22.0 Å². The Labute approximate surface area is 118 Å². The van der Waals surface area contributed by atoms with Gasteiger partial charge in [-0.2, -0.15) is 0 Å². The van der Waals surface area contributed by atoms with Gasteiger partial charge in [0.25, 0.3) is 5.91 Å². The Balaban J connectivity index is 2.24. The first-order chi connectivity index (χ1) is 8.56. The highest BCUT2D eigenvalue weighted by molar-refractivity contribution is 9.10. The van der Waals surface area contributed by atoms with E-state index in [0.717, 1.165) is 4.47 Å². The minimum Gasteiger partial charge on any atom is -0.399 e. The number of rotatable bonds is 2. The topological polar surface area (TPSA) is 55.1 Å². The molecule has 18 heavy (non-hydrogen) atoms. The van der Waals surface area contributed by atoms with E-state index >= 15 is 0 Å². The summed E-state index contributed by atoms with van der Waals surface area (Å²) >= 11 is 9.30. The van der Waals surface area contributed by atoms with Crippen LogP contribution in [0.2, 0.25) is 5.02 Å². The van der Waals surface area contributed by atoms with Crippen molar-refractivity contribution >= 4 is 44.8 Å². The van der Waals surface area contributed by atoms with E-state index in [9.17, 15) is 4.79 Å². The standard InChI is InChI=1S/C13H10BrClN2O/c14-8-2-1-3-10(6-8)17-13(18)11-7-9(16)4-5-12(11)15/h1-7H,16H2,(H,17,18). The second-order valence-electron chi connectivity index (χ2n) is 3.70. The predicted molar refractivity (Wildman–Crippen MR) is 78.0 cm³/mol. The number of benzene rings is 2. The summed E-state index contributed by atoms with van der Waals surface area (Å²) in [5, 5.41) is 3.13. The van der Waals surface area contributed by atoms with Gasteiger partial charge < -0.3 is 11.1 Å². The molecule has 2 aromatic rings. The van der Waals surface area contributed by atoms with Crippen molar-refractivity contribution in [3.63, 3.8) is 0 Å². The Morgan fingerprint density at radius 3 is 2.72 bits per heavy atom. The van der Waals surface area contributed by atoms with E-state index in [1.54, 1.807) is 30.3 Å². The molecule has 3 N–H and O–H groups in total. The highest BCUT2D eigenvalue weighted by Crippen LogP contribution is 2.21. The van der Waals surface area contributed by atoms with Crippen LogP contribution in [0.25, 0.3) is 0 Å². The number of amides is 1. The minimum atomic E-state index is -0.287. The van der Waals surface area contributed by atoms with Gasteiger partial charge in [-0.05, 0) is 36.4 Å². The molecule has 5 heteroatoms. The zero-order chi connectivity index (χ0) is 13.1. The van der Waals surface area contributed by atoms with Crippen molar-refractivity contribution in [3.8, 4) is 0 Å². The van der Waals surface area contributed by atoms with E-state index in [1.165, 1.54) is 0 Å². The molecule has 0 aliphatic rings. The number of nitrogens with one attached hydrogen (secondary N) is 1. The lowest BCUT2D eigenvalue weighted by Crippen LogP contribution is -2.12. The Morgan fingerprint density at radius 2 is 2.00 bits per heavy atom. The summed E-state index contributed by atoms with van der Waals surface area (Å²) < 4.78 is 0.888. The molecule has 1 amide bonds. The van der Waals surface area contributed by atoms with Crippen LogP contribution in [0.15, 0.2) is 46.9 Å². The van der Waals surface area contributed by atoms with Crippen LogP contribution < -0.4 is 11.1 Å². The summed E-state index contributed by atoms with van der Waals surface area (Å²) in [7, 11) is 0. The summed E-state index contributed by atoms with van der Waals surface area (Å²) in [5.41, 5.74) is 7.18. The first kappa shape index (κ1) is 12.9. The van der Waals surface area contributed by atoms with Gasteiger partial charge in [0.2, 0.25) is 0 Å². The number of halogens is 2. The Hall–Kier alpha value is -1.52. The van der Waals surface area contributed by atoms with Gasteiger partial charge in [0.1, 0.15) is 0 Å². The fourth-order valence-electron chi connectivity index (χ4n) is 1.48. The number of hydrogen-bond donors (Lipinski definition) is 2. The molecular weight excluding hydrogens is 316 g/mol. The van der Waals surface area contributed by atoms with Crippen molar-refractivity contribution in [1.29, 1.82) is 0 Å².